The summed E-state index contributed by atoms with van der Waals surface area (Å²) in [4.78, 5) is 9.91. The van der Waals surface area contributed by atoms with Gasteiger partial charge >= 0.3 is 6.18 Å². The standard InChI is InChI=1S/C15H11F3N4/c16-15(17,18)13-3-1-2-10-9-22(5-4-12(10)13)14-8-20-7-11(6-19)21-14/h1-3,7-8H,4-5,9H2. The molecule has 0 aliphatic carbocycles. The molecular formula is C15H11F3N4. The molecule has 0 spiro atoms. The zero-order valence-corrected chi connectivity index (χ0v) is 11.4. The van der Waals surface area contributed by atoms with Crippen LogP contribution in [0.25, 0.3) is 0 Å². The average Bonchev–Trinajstić information content (AvgIpc) is 2.53. The zero-order chi connectivity index (χ0) is 15.7. The molecule has 0 saturated carbocycles. The van der Waals surface area contributed by atoms with Gasteiger partial charge in [0.25, 0.3) is 0 Å². The monoisotopic (exact) mass is 304 g/mol. The summed E-state index contributed by atoms with van der Waals surface area (Å²) < 4.78 is 39.1. The first-order valence-electron chi connectivity index (χ1n) is 6.64. The van der Waals surface area contributed by atoms with Crippen molar-refractivity contribution in [2.24, 2.45) is 0 Å². The van der Waals surface area contributed by atoms with Crippen molar-refractivity contribution in [1.82, 2.24) is 9.97 Å². The minimum Gasteiger partial charge on any atom is -0.351 e. The molecule has 22 heavy (non-hydrogen) atoms. The Bertz CT molecular complexity index is 749. The van der Waals surface area contributed by atoms with Crippen LogP contribution in [-0.4, -0.2) is 16.5 Å². The lowest BCUT2D eigenvalue weighted by Crippen LogP contribution is -2.32. The predicted molar refractivity (Wildman–Crippen MR) is 72.9 cm³/mol. The van der Waals surface area contributed by atoms with Crippen molar-refractivity contribution in [2.45, 2.75) is 19.1 Å². The van der Waals surface area contributed by atoms with Crippen LogP contribution in [0.5, 0.6) is 0 Å². The highest BCUT2D eigenvalue weighted by Crippen LogP contribution is 2.36. The number of hydrogen-bond donors (Lipinski definition) is 0. The Morgan fingerprint density at radius 2 is 2.05 bits per heavy atom. The molecule has 0 radical (unpaired) electrons. The molecule has 1 aliphatic rings. The highest BCUT2D eigenvalue weighted by molar-refractivity contribution is 5.47. The summed E-state index contributed by atoms with van der Waals surface area (Å²) in [6, 6.07) is 6.13. The van der Waals surface area contributed by atoms with E-state index >= 15 is 0 Å². The van der Waals surface area contributed by atoms with Crippen molar-refractivity contribution in [1.29, 1.82) is 5.26 Å². The van der Waals surface area contributed by atoms with Crippen molar-refractivity contribution < 1.29 is 13.2 Å². The lowest BCUT2D eigenvalue weighted by atomic mass is 9.94. The Balaban J connectivity index is 1.93. The number of nitrogens with zero attached hydrogens (tertiary/aromatic N) is 4. The minimum absolute atomic E-state index is 0.187. The van der Waals surface area contributed by atoms with Gasteiger partial charge in [-0.15, -0.1) is 0 Å². The Kier molecular flexibility index (Phi) is 3.45. The van der Waals surface area contributed by atoms with Crippen LogP contribution in [-0.2, 0) is 19.1 Å². The molecule has 0 saturated heterocycles. The molecule has 0 fully saturated rings. The van der Waals surface area contributed by atoms with Gasteiger partial charge in [0, 0.05) is 13.1 Å². The molecule has 0 bridgehead atoms. The lowest BCUT2D eigenvalue weighted by molar-refractivity contribution is -0.138. The summed E-state index contributed by atoms with van der Waals surface area (Å²) in [6.07, 6.45) is -1.19. The lowest BCUT2D eigenvalue weighted by Gasteiger charge is -2.31. The number of fused-ring (bicyclic) bond motifs is 1. The van der Waals surface area contributed by atoms with Crippen molar-refractivity contribution in [3.05, 3.63) is 53.0 Å². The second kappa shape index (κ2) is 5.30. The predicted octanol–water partition coefficient (Wildman–Crippen LogP) is 2.93. The number of alkyl halides is 3. The van der Waals surface area contributed by atoms with Gasteiger partial charge in [0.05, 0.1) is 18.0 Å². The highest BCUT2D eigenvalue weighted by atomic mass is 19.4. The molecule has 0 unspecified atom stereocenters. The first-order chi connectivity index (χ1) is 10.5. The van der Waals surface area contributed by atoms with Crippen LogP contribution in [0.1, 0.15) is 22.4 Å². The molecule has 0 N–H and O–H groups in total. The average molecular weight is 304 g/mol. The zero-order valence-electron chi connectivity index (χ0n) is 11.4. The first kappa shape index (κ1) is 14.3. The van der Waals surface area contributed by atoms with E-state index in [1.54, 1.807) is 6.07 Å². The number of halogens is 3. The maximum atomic E-state index is 13.0. The van der Waals surface area contributed by atoms with Gasteiger partial charge in [0.15, 0.2) is 5.69 Å². The van der Waals surface area contributed by atoms with E-state index in [-0.39, 0.29) is 12.1 Å². The summed E-state index contributed by atoms with van der Waals surface area (Å²) in [5.74, 6) is 0.502. The number of rotatable bonds is 1. The fraction of sp³-hybridized carbons (Fsp3) is 0.267. The summed E-state index contributed by atoms with van der Waals surface area (Å²) in [5.41, 5.74) is 0.592. The van der Waals surface area contributed by atoms with Crippen molar-refractivity contribution >= 4 is 5.82 Å². The van der Waals surface area contributed by atoms with Gasteiger partial charge in [-0.25, -0.2) is 4.98 Å². The molecule has 1 aromatic heterocycles. The van der Waals surface area contributed by atoms with Crippen LogP contribution >= 0.6 is 0 Å². The number of benzene rings is 1. The topological polar surface area (TPSA) is 52.8 Å². The summed E-state index contributed by atoms with van der Waals surface area (Å²) in [6.45, 7) is 0.729. The van der Waals surface area contributed by atoms with Gasteiger partial charge in [0.2, 0.25) is 0 Å². The molecule has 2 aromatic rings. The molecule has 7 heteroatoms. The third-order valence-corrected chi connectivity index (χ3v) is 3.63. The third-order valence-electron chi connectivity index (χ3n) is 3.63. The Morgan fingerprint density at radius 3 is 2.77 bits per heavy atom. The van der Waals surface area contributed by atoms with Gasteiger partial charge in [0.1, 0.15) is 11.9 Å². The Hall–Kier alpha value is -2.62. The van der Waals surface area contributed by atoms with Crippen LogP contribution in [0.3, 0.4) is 0 Å². The maximum absolute atomic E-state index is 13.0. The molecule has 4 nitrogen and oxygen atoms in total. The van der Waals surface area contributed by atoms with Crippen LogP contribution in [0.2, 0.25) is 0 Å². The second-order valence-corrected chi connectivity index (χ2v) is 4.99. The van der Waals surface area contributed by atoms with Gasteiger partial charge in [-0.3, -0.25) is 4.98 Å². The minimum atomic E-state index is -4.34. The number of anilines is 1. The normalized spacial score (nSPS) is 14.4. The van der Waals surface area contributed by atoms with E-state index in [0.29, 0.717) is 30.0 Å². The summed E-state index contributed by atoms with van der Waals surface area (Å²) >= 11 is 0. The van der Waals surface area contributed by atoms with E-state index in [9.17, 15) is 13.2 Å². The van der Waals surface area contributed by atoms with Crippen molar-refractivity contribution in [3.63, 3.8) is 0 Å². The molecule has 0 amide bonds. The van der Waals surface area contributed by atoms with Gasteiger partial charge in [-0.05, 0) is 23.6 Å². The number of hydrogen-bond acceptors (Lipinski definition) is 4. The van der Waals surface area contributed by atoms with Crippen molar-refractivity contribution in [2.75, 3.05) is 11.4 Å². The summed E-state index contributed by atoms with van der Waals surface area (Å²) in [5, 5.41) is 8.85. The van der Waals surface area contributed by atoms with E-state index in [1.807, 2.05) is 11.0 Å². The smallest absolute Gasteiger partial charge is 0.351 e. The van der Waals surface area contributed by atoms with Crippen LogP contribution in [0, 0.1) is 11.3 Å². The largest absolute Gasteiger partial charge is 0.416 e. The third kappa shape index (κ3) is 2.60. The van der Waals surface area contributed by atoms with Crippen LogP contribution in [0.4, 0.5) is 19.0 Å². The van der Waals surface area contributed by atoms with E-state index in [4.69, 9.17) is 5.26 Å². The maximum Gasteiger partial charge on any atom is 0.416 e. The fourth-order valence-corrected chi connectivity index (χ4v) is 2.63. The highest BCUT2D eigenvalue weighted by Gasteiger charge is 2.35. The number of nitriles is 1. The Labute approximate surface area is 124 Å². The molecule has 1 aromatic carbocycles. The van der Waals surface area contributed by atoms with Crippen molar-refractivity contribution in [3.8, 4) is 6.07 Å². The summed E-state index contributed by atoms with van der Waals surface area (Å²) in [7, 11) is 0. The van der Waals surface area contributed by atoms with E-state index in [2.05, 4.69) is 9.97 Å². The van der Waals surface area contributed by atoms with E-state index in [0.717, 1.165) is 6.07 Å². The second-order valence-electron chi connectivity index (χ2n) is 4.99. The molecule has 1 aliphatic heterocycles. The molecule has 112 valence electrons. The Morgan fingerprint density at radius 1 is 1.23 bits per heavy atom. The SMILES string of the molecule is N#Cc1cncc(N2CCc3c(cccc3C(F)(F)F)C2)n1. The molecule has 2 heterocycles. The molecule has 3 rings (SSSR count). The van der Waals surface area contributed by atoms with Crippen LogP contribution in [0.15, 0.2) is 30.6 Å². The van der Waals surface area contributed by atoms with Gasteiger partial charge in [-0.1, -0.05) is 12.1 Å². The van der Waals surface area contributed by atoms with Gasteiger partial charge in [-0.2, -0.15) is 18.4 Å². The number of aromatic nitrogens is 2. The van der Waals surface area contributed by atoms with Crippen LogP contribution < -0.4 is 4.90 Å². The van der Waals surface area contributed by atoms with Gasteiger partial charge < -0.3 is 4.90 Å². The quantitative estimate of drug-likeness (QED) is 0.813. The van der Waals surface area contributed by atoms with E-state index < -0.39 is 11.7 Å². The fourth-order valence-electron chi connectivity index (χ4n) is 2.63. The molecular weight excluding hydrogens is 293 g/mol. The first-order valence-corrected chi connectivity index (χ1v) is 6.64. The molecule has 0 atom stereocenters. The van der Waals surface area contributed by atoms with E-state index in [1.165, 1.54) is 18.5 Å².